The molecule has 2 N–H and O–H groups in total. The molecule has 35 heavy (non-hydrogen) atoms. The molecule has 1 saturated heterocycles. The number of benzene rings is 1. The van der Waals surface area contributed by atoms with Crippen LogP contribution in [0.25, 0.3) is 10.9 Å². The molecule has 3 aliphatic heterocycles. The molecule has 0 bridgehead atoms. The molecule has 0 aliphatic carbocycles. The van der Waals surface area contributed by atoms with Gasteiger partial charge in [-0.1, -0.05) is 0 Å². The number of nitrogens with zero attached hydrogens (tertiary/aromatic N) is 3. The van der Waals surface area contributed by atoms with Crippen LogP contribution in [0.4, 0.5) is 20.8 Å². The number of cyclic esters (lactones) is 1. The van der Waals surface area contributed by atoms with E-state index < -0.39 is 6.09 Å². The summed E-state index contributed by atoms with van der Waals surface area (Å²) in [6.45, 7) is 1.86. The van der Waals surface area contributed by atoms with Crippen LogP contribution in [0.5, 0.6) is 0 Å². The van der Waals surface area contributed by atoms with Crippen LogP contribution in [-0.2, 0) is 16.1 Å². The highest BCUT2D eigenvalue weighted by Crippen LogP contribution is 2.35. The molecule has 1 aromatic carbocycles. The Morgan fingerprint density at radius 1 is 1.14 bits per heavy atom. The minimum Gasteiger partial charge on any atom is -0.444 e. The maximum atomic E-state index is 14.6. The number of aromatic nitrogens is 2. The van der Waals surface area contributed by atoms with Crippen LogP contribution in [0.3, 0.4) is 0 Å². The Morgan fingerprint density at radius 2 is 2.00 bits per heavy atom. The summed E-state index contributed by atoms with van der Waals surface area (Å²) in [6.07, 6.45) is -0.219. The largest absolute Gasteiger partial charge is 0.444 e. The van der Waals surface area contributed by atoms with Gasteiger partial charge in [-0.15, -0.1) is 11.8 Å². The summed E-state index contributed by atoms with van der Waals surface area (Å²) in [5.74, 6) is 0.676. The van der Waals surface area contributed by atoms with E-state index in [0.717, 1.165) is 10.3 Å². The van der Waals surface area contributed by atoms with Crippen LogP contribution in [0.15, 0.2) is 46.1 Å². The van der Waals surface area contributed by atoms with E-state index in [2.05, 4.69) is 15.6 Å². The average molecular weight is 496 g/mol. The molecule has 1 unspecified atom stereocenters. The van der Waals surface area contributed by atoms with Crippen LogP contribution >= 0.6 is 11.8 Å². The average Bonchev–Trinajstić information content (AvgIpc) is 3.42. The van der Waals surface area contributed by atoms with Gasteiger partial charge in [-0.3, -0.25) is 14.5 Å². The van der Waals surface area contributed by atoms with Gasteiger partial charge in [-0.25, -0.2) is 14.2 Å². The normalized spacial score (nSPS) is 20.8. The summed E-state index contributed by atoms with van der Waals surface area (Å²) in [4.78, 5) is 43.1. The summed E-state index contributed by atoms with van der Waals surface area (Å²) < 4.78 is 21.8. The SMILES string of the molecule is O=C1CSc2ccc(N3C[C@H](CCNCC4Cn5c(=O)ccc6ccc(F)c4c65)OC3=O)nc2N1. The van der Waals surface area contributed by atoms with Gasteiger partial charge in [0.05, 0.1) is 22.7 Å². The fourth-order valence-corrected chi connectivity index (χ4v) is 5.70. The fourth-order valence-electron chi connectivity index (χ4n) is 4.95. The summed E-state index contributed by atoms with van der Waals surface area (Å²) >= 11 is 1.41. The summed E-state index contributed by atoms with van der Waals surface area (Å²) in [5, 5.41) is 6.93. The summed E-state index contributed by atoms with van der Waals surface area (Å²) in [5.41, 5.74) is 1.13. The standard InChI is InChI=1S/C24H22FN5O4S/c25-16-3-1-13-2-6-20(32)30-10-14(21(16)22(13)30)9-26-8-7-15-11-29(24(33)34-15)18-5-4-17-23(27-18)28-19(31)12-35-17/h1-6,14-15,26H,7-12H2,(H,27,28,31)/t14?,15-/m0/s1. The summed E-state index contributed by atoms with van der Waals surface area (Å²) in [7, 11) is 0. The van der Waals surface area contributed by atoms with E-state index in [0.29, 0.717) is 61.1 Å². The van der Waals surface area contributed by atoms with E-state index >= 15 is 0 Å². The Bertz CT molecular complexity index is 1430. The van der Waals surface area contributed by atoms with Gasteiger partial charge in [0.25, 0.3) is 5.56 Å². The predicted molar refractivity (Wildman–Crippen MR) is 130 cm³/mol. The lowest BCUT2D eigenvalue weighted by Crippen LogP contribution is -2.29. The number of carbonyl (C=O) groups excluding carboxylic acids is 2. The van der Waals surface area contributed by atoms with Gasteiger partial charge in [0.15, 0.2) is 0 Å². The number of hydrogen-bond donors (Lipinski definition) is 2. The number of fused-ring (bicyclic) bond motifs is 1. The number of amides is 2. The van der Waals surface area contributed by atoms with Gasteiger partial charge in [-0.2, -0.15) is 0 Å². The van der Waals surface area contributed by atoms with Crippen LogP contribution in [-0.4, -0.2) is 53.0 Å². The first-order valence-corrected chi connectivity index (χ1v) is 12.4. The maximum absolute atomic E-state index is 14.6. The molecule has 3 aromatic rings. The second kappa shape index (κ2) is 8.65. The Labute approximate surface area is 203 Å². The first kappa shape index (κ1) is 22.1. The van der Waals surface area contributed by atoms with E-state index in [4.69, 9.17) is 4.74 Å². The summed E-state index contributed by atoms with van der Waals surface area (Å²) in [6, 6.07) is 10.00. The quantitative estimate of drug-likeness (QED) is 0.507. The molecule has 0 saturated carbocycles. The number of nitrogens with one attached hydrogen (secondary N) is 2. The van der Waals surface area contributed by atoms with Crippen molar-refractivity contribution in [2.24, 2.45) is 0 Å². The lowest BCUT2D eigenvalue weighted by molar-refractivity contribution is -0.113. The number of carbonyl (C=O) groups is 2. The second-order valence-corrected chi connectivity index (χ2v) is 9.86. The highest BCUT2D eigenvalue weighted by atomic mass is 32.2. The number of rotatable bonds is 6. The van der Waals surface area contributed by atoms with E-state index in [1.807, 2.05) is 6.07 Å². The van der Waals surface area contributed by atoms with Gasteiger partial charge in [0.1, 0.15) is 23.6 Å². The number of anilines is 2. The number of pyridine rings is 2. The molecule has 0 radical (unpaired) electrons. The van der Waals surface area contributed by atoms with E-state index in [-0.39, 0.29) is 29.3 Å². The minimum atomic E-state index is -0.475. The van der Waals surface area contributed by atoms with Gasteiger partial charge < -0.3 is 19.9 Å². The third-order valence-corrected chi connectivity index (χ3v) is 7.64. The van der Waals surface area contributed by atoms with E-state index in [1.54, 1.807) is 22.8 Å². The molecular formula is C24H22FN5O4S. The van der Waals surface area contributed by atoms with Crippen LogP contribution in [0, 0.1) is 5.82 Å². The van der Waals surface area contributed by atoms with Crippen LogP contribution in [0.2, 0.25) is 0 Å². The highest BCUT2D eigenvalue weighted by molar-refractivity contribution is 8.00. The van der Waals surface area contributed by atoms with Crippen molar-refractivity contribution < 1.29 is 18.7 Å². The van der Waals surface area contributed by atoms with Crippen molar-refractivity contribution in [3.63, 3.8) is 0 Å². The third-order valence-electron chi connectivity index (χ3n) is 6.59. The van der Waals surface area contributed by atoms with Crippen molar-refractivity contribution in [3.05, 3.63) is 58.1 Å². The topological polar surface area (TPSA) is 106 Å². The maximum Gasteiger partial charge on any atom is 0.415 e. The molecule has 2 aromatic heterocycles. The van der Waals surface area contributed by atoms with Gasteiger partial charge >= 0.3 is 6.09 Å². The van der Waals surface area contributed by atoms with Crippen molar-refractivity contribution in [2.45, 2.75) is 29.9 Å². The Balaban J connectivity index is 1.06. The molecule has 180 valence electrons. The lowest BCUT2D eigenvalue weighted by atomic mass is 9.99. The zero-order chi connectivity index (χ0) is 24.1. The first-order valence-electron chi connectivity index (χ1n) is 11.4. The molecule has 2 atom stereocenters. The molecule has 11 heteroatoms. The van der Waals surface area contributed by atoms with Crippen molar-refractivity contribution in [3.8, 4) is 0 Å². The number of thioether (sulfide) groups is 1. The Hall–Kier alpha value is -3.44. The Kier molecular flexibility index (Phi) is 5.45. The molecule has 2 amide bonds. The smallest absolute Gasteiger partial charge is 0.415 e. The number of ether oxygens (including phenoxy) is 1. The molecule has 3 aliphatic rings. The van der Waals surface area contributed by atoms with Crippen LogP contribution in [0.1, 0.15) is 17.9 Å². The third kappa shape index (κ3) is 3.94. The zero-order valence-corrected chi connectivity index (χ0v) is 19.4. The fraction of sp³-hybridized carbons (Fsp3) is 0.333. The predicted octanol–water partition coefficient (Wildman–Crippen LogP) is 2.68. The van der Waals surface area contributed by atoms with Crippen LogP contribution < -0.4 is 21.1 Å². The number of hydrogen-bond acceptors (Lipinski definition) is 7. The van der Waals surface area contributed by atoms with Gasteiger partial charge in [-0.05, 0) is 48.7 Å². The molecular weight excluding hydrogens is 473 g/mol. The highest BCUT2D eigenvalue weighted by Gasteiger charge is 2.34. The molecule has 0 spiro atoms. The monoisotopic (exact) mass is 495 g/mol. The molecule has 9 nitrogen and oxygen atoms in total. The second-order valence-electron chi connectivity index (χ2n) is 8.84. The number of halogens is 1. The lowest BCUT2D eigenvalue weighted by Gasteiger charge is -2.18. The zero-order valence-electron chi connectivity index (χ0n) is 18.6. The van der Waals surface area contributed by atoms with E-state index in [9.17, 15) is 18.8 Å². The van der Waals surface area contributed by atoms with Crippen molar-refractivity contribution in [1.29, 1.82) is 0 Å². The van der Waals surface area contributed by atoms with Crippen molar-refractivity contribution >= 4 is 46.3 Å². The Morgan fingerprint density at radius 3 is 2.89 bits per heavy atom. The first-order chi connectivity index (χ1) is 17.0. The van der Waals surface area contributed by atoms with Crippen molar-refractivity contribution in [2.75, 3.05) is 35.6 Å². The molecule has 5 heterocycles. The van der Waals surface area contributed by atoms with E-state index in [1.165, 1.54) is 28.8 Å². The van der Waals surface area contributed by atoms with Gasteiger partial charge in [0, 0.05) is 30.6 Å². The van der Waals surface area contributed by atoms with Gasteiger partial charge in [0.2, 0.25) is 5.91 Å². The van der Waals surface area contributed by atoms with Crippen molar-refractivity contribution in [1.82, 2.24) is 14.9 Å². The minimum absolute atomic E-state index is 0.119. The molecule has 1 fully saturated rings. The molecule has 6 rings (SSSR count).